The van der Waals surface area contributed by atoms with Crippen molar-refractivity contribution in [2.75, 3.05) is 39.3 Å². The number of nitrogens with zero attached hydrogens (tertiary/aromatic N) is 3. The van der Waals surface area contributed by atoms with Crippen LogP contribution < -0.4 is 5.32 Å². The average molecular weight is 386 g/mol. The maximum atomic E-state index is 11.9. The number of carbonyl (C=O) groups excluding carboxylic acids is 1. The Hall–Kier alpha value is -2.71. The summed E-state index contributed by atoms with van der Waals surface area (Å²) in [6.07, 6.45) is 1.86. The normalized spacial score (nSPS) is 15.4. The zero-order valence-corrected chi connectivity index (χ0v) is 15.9. The number of amides is 1. The van der Waals surface area contributed by atoms with Gasteiger partial charge in [0.15, 0.2) is 5.76 Å². The molecular weight excluding hydrogens is 360 g/mol. The van der Waals surface area contributed by atoms with Gasteiger partial charge in [0.05, 0.1) is 6.07 Å². The third-order valence-electron chi connectivity index (χ3n) is 4.90. The van der Waals surface area contributed by atoms with Gasteiger partial charge in [-0.2, -0.15) is 0 Å². The molecule has 1 aromatic heterocycles. The van der Waals surface area contributed by atoms with Crippen molar-refractivity contribution in [1.29, 1.82) is 0 Å². The first-order valence-electron chi connectivity index (χ1n) is 9.63. The monoisotopic (exact) mass is 386 g/mol. The van der Waals surface area contributed by atoms with E-state index in [0.29, 0.717) is 6.54 Å². The number of unbranched alkanes of at least 4 members (excludes halogenated alkanes) is 1. The fourth-order valence-corrected chi connectivity index (χ4v) is 3.31. The Labute approximate surface area is 164 Å². The molecular formula is C20H26N4O4. The Morgan fingerprint density at radius 2 is 1.75 bits per heavy atom. The molecule has 0 saturated carbocycles. The van der Waals surface area contributed by atoms with E-state index < -0.39 is 16.7 Å². The third kappa shape index (κ3) is 5.90. The molecule has 2 heterocycles. The van der Waals surface area contributed by atoms with Crippen LogP contribution in [-0.4, -0.2) is 59.9 Å². The highest BCUT2D eigenvalue weighted by Crippen LogP contribution is 2.15. The minimum absolute atomic E-state index is 0.0266. The van der Waals surface area contributed by atoms with Gasteiger partial charge in [0.2, 0.25) is 0 Å². The van der Waals surface area contributed by atoms with Gasteiger partial charge in [0.1, 0.15) is 4.92 Å². The van der Waals surface area contributed by atoms with E-state index in [0.717, 1.165) is 52.1 Å². The van der Waals surface area contributed by atoms with E-state index in [-0.39, 0.29) is 5.76 Å². The first-order chi connectivity index (χ1) is 13.6. The third-order valence-corrected chi connectivity index (χ3v) is 4.90. The van der Waals surface area contributed by atoms with Gasteiger partial charge >= 0.3 is 5.88 Å². The maximum Gasteiger partial charge on any atom is 0.433 e. The lowest BCUT2D eigenvalue weighted by molar-refractivity contribution is -0.402. The molecule has 0 unspecified atom stereocenters. The van der Waals surface area contributed by atoms with E-state index in [1.165, 1.54) is 17.7 Å². The molecule has 1 aliphatic heterocycles. The van der Waals surface area contributed by atoms with E-state index >= 15 is 0 Å². The lowest BCUT2D eigenvalue weighted by atomic mass is 10.2. The van der Waals surface area contributed by atoms with Gasteiger partial charge in [0, 0.05) is 39.3 Å². The number of furan rings is 1. The first-order valence-corrected chi connectivity index (χ1v) is 9.63. The van der Waals surface area contributed by atoms with Crippen molar-refractivity contribution in [3.05, 3.63) is 63.9 Å². The number of carbonyl (C=O) groups is 1. The number of rotatable bonds is 9. The second-order valence-electron chi connectivity index (χ2n) is 6.96. The Morgan fingerprint density at radius 3 is 2.43 bits per heavy atom. The molecule has 3 rings (SSSR count). The standard InChI is InChI=1S/C20H26N4O4/c25-20(18-8-9-19(28-18)24(26)27)21-10-4-5-11-22-12-14-23(15-13-22)16-17-6-2-1-3-7-17/h1-3,6-9H,4-5,10-16H2,(H,21,25). The second kappa shape index (κ2) is 10.0. The Bertz CT molecular complexity index is 770. The van der Waals surface area contributed by atoms with Gasteiger partial charge in [0.25, 0.3) is 5.91 Å². The number of nitrogens with one attached hydrogen (secondary N) is 1. The minimum atomic E-state index is -0.656. The molecule has 0 atom stereocenters. The Kier molecular flexibility index (Phi) is 7.16. The molecule has 8 nitrogen and oxygen atoms in total. The van der Waals surface area contributed by atoms with Crippen LogP contribution in [0.4, 0.5) is 5.88 Å². The smallest absolute Gasteiger partial charge is 0.395 e. The van der Waals surface area contributed by atoms with E-state index in [9.17, 15) is 14.9 Å². The quantitative estimate of drug-likeness (QED) is 0.404. The summed E-state index contributed by atoms with van der Waals surface area (Å²) in [6.45, 7) is 6.82. The summed E-state index contributed by atoms with van der Waals surface area (Å²) in [7, 11) is 0. The summed E-state index contributed by atoms with van der Waals surface area (Å²) in [4.78, 5) is 26.7. The minimum Gasteiger partial charge on any atom is -0.395 e. The van der Waals surface area contributed by atoms with Gasteiger partial charge in [-0.25, -0.2) is 0 Å². The molecule has 1 saturated heterocycles. The SMILES string of the molecule is O=C(NCCCCN1CCN(Cc2ccccc2)CC1)c1ccc([N+](=O)[O-])o1. The summed E-state index contributed by atoms with van der Waals surface area (Å²) >= 11 is 0. The average Bonchev–Trinajstić information content (AvgIpc) is 3.20. The van der Waals surface area contributed by atoms with Crippen LogP contribution >= 0.6 is 0 Å². The van der Waals surface area contributed by atoms with Crippen molar-refractivity contribution in [2.45, 2.75) is 19.4 Å². The van der Waals surface area contributed by atoms with Gasteiger partial charge in [-0.3, -0.25) is 19.8 Å². The van der Waals surface area contributed by atoms with Crippen LogP contribution in [0.2, 0.25) is 0 Å². The van der Waals surface area contributed by atoms with Crippen molar-refractivity contribution in [3.63, 3.8) is 0 Å². The van der Waals surface area contributed by atoms with Gasteiger partial charge < -0.3 is 14.6 Å². The molecule has 0 radical (unpaired) electrons. The fraction of sp³-hybridized carbons (Fsp3) is 0.450. The highest BCUT2D eigenvalue weighted by molar-refractivity contribution is 5.91. The van der Waals surface area contributed by atoms with Gasteiger partial charge in [-0.05, 0) is 31.0 Å². The van der Waals surface area contributed by atoms with Gasteiger partial charge in [-0.15, -0.1) is 0 Å². The maximum absolute atomic E-state index is 11.9. The summed E-state index contributed by atoms with van der Waals surface area (Å²) in [5, 5.41) is 13.3. The largest absolute Gasteiger partial charge is 0.433 e. The number of hydrogen-bond donors (Lipinski definition) is 1. The Morgan fingerprint density at radius 1 is 1.04 bits per heavy atom. The predicted molar refractivity (Wildman–Crippen MR) is 105 cm³/mol. The number of nitro groups is 1. The van der Waals surface area contributed by atoms with Crippen LogP contribution in [-0.2, 0) is 6.54 Å². The van der Waals surface area contributed by atoms with Crippen molar-refractivity contribution in [2.24, 2.45) is 0 Å². The highest BCUT2D eigenvalue weighted by atomic mass is 16.6. The topological polar surface area (TPSA) is 91.9 Å². The first kappa shape index (κ1) is 20.0. The van der Waals surface area contributed by atoms with Crippen LogP contribution in [0.5, 0.6) is 0 Å². The summed E-state index contributed by atoms with van der Waals surface area (Å²) in [5.74, 6) is -0.861. The van der Waals surface area contributed by atoms with Crippen LogP contribution in [0.1, 0.15) is 29.0 Å². The molecule has 0 aliphatic carbocycles. The number of hydrogen-bond acceptors (Lipinski definition) is 6. The molecule has 1 fully saturated rings. The van der Waals surface area contributed by atoms with E-state index in [1.54, 1.807) is 0 Å². The Balaban J connectivity index is 1.27. The van der Waals surface area contributed by atoms with E-state index in [1.807, 2.05) is 6.07 Å². The molecule has 1 amide bonds. The van der Waals surface area contributed by atoms with Crippen LogP contribution in [0, 0.1) is 10.1 Å². The second-order valence-corrected chi connectivity index (χ2v) is 6.96. The van der Waals surface area contributed by atoms with Crippen molar-refractivity contribution in [3.8, 4) is 0 Å². The molecule has 1 aliphatic rings. The summed E-state index contributed by atoms with van der Waals surface area (Å²) < 4.78 is 4.89. The molecule has 150 valence electrons. The van der Waals surface area contributed by atoms with E-state index in [4.69, 9.17) is 4.42 Å². The van der Waals surface area contributed by atoms with Crippen molar-refractivity contribution >= 4 is 11.8 Å². The predicted octanol–water partition coefficient (Wildman–Crippen LogP) is 2.52. The molecule has 28 heavy (non-hydrogen) atoms. The number of benzene rings is 1. The zero-order valence-electron chi connectivity index (χ0n) is 15.9. The molecule has 0 spiro atoms. The summed E-state index contributed by atoms with van der Waals surface area (Å²) in [6, 6.07) is 13.1. The van der Waals surface area contributed by atoms with Crippen molar-refractivity contribution in [1.82, 2.24) is 15.1 Å². The number of piperazine rings is 1. The summed E-state index contributed by atoms with van der Waals surface area (Å²) in [5.41, 5.74) is 1.36. The molecule has 1 N–H and O–H groups in total. The molecule has 8 heteroatoms. The molecule has 0 bridgehead atoms. The fourth-order valence-electron chi connectivity index (χ4n) is 3.31. The van der Waals surface area contributed by atoms with Crippen LogP contribution in [0.15, 0.2) is 46.9 Å². The zero-order chi connectivity index (χ0) is 19.8. The van der Waals surface area contributed by atoms with E-state index in [2.05, 4.69) is 39.4 Å². The van der Waals surface area contributed by atoms with Crippen LogP contribution in [0.3, 0.4) is 0 Å². The lowest BCUT2D eigenvalue weighted by Gasteiger charge is -2.34. The highest BCUT2D eigenvalue weighted by Gasteiger charge is 2.18. The van der Waals surface area contributed by atoms with Crippen LogP contribution in [0.25, 0.3) is 0 Å². The van der Waals surface area contributed by atoms with Crippen molar-refractivity contribution < 1.29 is 14.1 Å². The molecule has 2 aromatic rings. The molecule has 1 aromatic carbocycles. The lowest BCUT2D eigenvalue weighted by Crippen LogP contribution is -2.46. The van der Waals surface area contributed by atoms with Gasteiger partial charge in [-0.1, -0.05) is 30.3 Å².